The van der Waals surface area contributed by atoms with Gasteiger partial charge in [0.1, 0.15) is 0 Å². The maximum Gasteiger partial charge on any atom is 0.228 e. The number of hydrogen-bond donors (Lipinski definition) is 0. The zero-order chi connectivity index (χ0) is 14.7. The molecule has 5 aliphatic rings. The van der Waals surface area contributed by atoms with Crippen molar-refractivity contribution in [2.75, 3.05) is 13.1 Å². The van der Waals surface area contributed by atoms with Crippen LogP contribution in [0.3, 0.4) is 0 Å². The van der Waals surface area contributed by atoms with Crippen LogP contribution in [0.2, 0.25) is 0 Å². The van der Waals surface area contributed by atoms with Crippen LogP contribution in [0.15, 0.2) is 0 Å². The third-order valence-corrected chi connectivity index (χ3v) is 7.54. The number of carbonyl (C=O) groups excluding carboxylic acids is 1. The second kappa shape index (κ2) is 4.73. The van der Waals surface area contributed by atoms with Crippen molar-refractivity contribution in [1.29, 1.82) is 0 Å². The molecule has 0 aromatic carbocycles. The van der Waals surface area contributed by atoms with Crippen molar-refractivity contribution in [3.8, 4) is 0 Å². The Labute approximate surface area is 129 Å². The molecular formula is C19H31NO. The lowest BCUT2D eigenvalue weighted by Gasteiger charge is -2.62. The van der Waals surface area contributed by atoms with Crippen molar-refractivity contribution in [2.24, 2.45) is 28.6 Å². The molecule has 5 fully saturated rings. The van der Waals surface area contributed by atoms with E-state index in [1.54, 1.807) is 0 Å². The summed E-state index contributed by atoms with van der Waals surface area (Å²) >= 11 is 0. The predicted molar refractivity (Wildman–Crippen MR) is 84.8 cm³/mol. The Hall–Kier alpha value is -0.530. The van der Waals surface area contributed by atoms with Gasteiger partial charge in [0.15, 0.2) is 0 Å². The molecule has 1 saturated heterocycles. The van der Waals surface area contributed by atoms with Crippen LogP contribution in [-0.2, 0) is 4.79 Å². The molecule has 0 unspecified atom stereocenters. The maximum absolute atomic E-state index is 13.3. The van der Waals surface area contributed by atoms with Gasteiger partial charge in [0.2, 0.25) is 5.91 Å². The van der Waals surface area contributed by atoms with Crippen molar-refractivity contribution >= 4 is 5.91 Å². The molecule has 0 radical (unpaired) electrons. The fourth-order valence-corrected chi connectivity index (χ4v) is 6.60. The number of piperidine rings is 1. The maximum atomic E-state index is 13.3. The summed E-state index contributed by atoms with van der Waals surface area (Å²) in [5.41, 5.74) is 0.191. The number of hydrogen-bond acceptors (Lipinski definition) is 1. The second-order valence-corrected chi connectivity index (χ2v) is 9.18. The summed E-state index contributed by atoms with van der Waals surface area (Å²) in [6, 6.07) is 0. The summed E-state index contributed by atoms with van der Waals surface area (Å²) in [5, 5.41) is 0. The van der Waals surface area contributed by atoms with Gasteiger partial charge in [-0.2, -0.15) is 0 Å². The van der Waals surface area contributed by atoms with Crippen molar-refractivity contribution in [2.45, 2.75) is 71.6 Å². The highest BCUT2D eigenvalue weighted by Crippen LogP contribution is 2.66. The van der Waals surface area contributed by atoms with Gasteiger partial charge in [-0.05, 0) is 81.0 Å². The predicted octanol–water partition coefficient (Wildman–Crippen LogP) is 4.24. The van der Waals surface area contributed by atoms with E-state index >= 15 is 0 Å². The highest BCUT2D eigenvalue weighted by atomic mass is 16.2. The van der Waals surface area contributed by atoms with Crippen LogP contribution in [-0.4, -0.2) is 23.9 Å². The van der Waals surface area contributed by atoms with E-state index in [0.717, 1.165) is 30.8 Å². The fourth-order valence-electron chi connectivity index (χ4n) is 6.60. The highest BCUT2D eigenvalue weighted by molar-refractivity contribution is 5.83. The van der Waals surface area contributed by atoms with Crippen LogP contribution in [0.5, 0.6) is 0 Å². The van der Waals surface area contributed by atoms with Crippen LogP contribution in [0.25, 0.3) is 0 Å². The Morgan fingerprint density at radius 2 is 1.38 bits per heavy atom. The molecule has 4 bridgehead atoms. The minimum absolute atomic E-state index is 0.139. The van der Waals surface area contributed by atoms with E-state index < -0.39 is 0 Å². The van der Waals surface area contributed by atoms with Gasteiger partial charge in [-0.25, -0.2) is 0 Å². The van der Waals surface area contributed by atoms with Crippen molar-refractivity contribution in [3.63, 3.8) is 0 Å². The smallest absolute Gasteiger partial charge is 0.228 e. The van der Waals surface area contributed by atoms with E-state index in [0.29, 0.717) is 11.3 Å². The first-order valence-electron chi connectivity index (χ1n) is 9.30. The van der Waals surface area contributed by atoms with Crippen LogP contribution in [0.1, 0.15) is 71.6 Å². The van der Waals surface area contributed by atoms with Gasteiger partial charge in [0.25, 0.3) is 0 Å². The third kappa shape index (κ3) is 2.08. The molecule has 118 valence electrons. The molecule has 1 amide bonds. The Bertz CT molecular complexity index is 398. The quantitative estimate of drug-likeness (QED) is 0.744. The summed E-state index contributed by atoms with van der Waals surface area (Å²) in [7, 11) is 0. The molecule has 0 aromatic rings. The SMILES string of the molecule is CC(C)(C(=O)N1CCCCC1)C12CC3CC(CC(C3)C1)C2. The normalized spacial score (nSPS) is 42.4. The number of likely N-dealkylation sites (tertiary alicyclic amines) is 1. The molecule has 21 heavy (non-hydrogen) atoms. The van der Waals surface area contributed by atoms with Gasteiger partial charge in [0.05, 0.1) is 0 Å². The van der Waals surface area contributed by atoms with Gasteiger partial charge >= 0.3 is 0 Å². The third-order valence-electron chi connectivity index (χ3n) is 7.54. The van der Waals surface area contributed by atoms with Crippen molar-refractivity contribution in [1.82, 2.24) is 4.90 Å². The van der Waals surface area contributed by atoms with Crippen LogP contribution < -0.4 is 0 Å². The summed E-state index contributed by atoms with van der Waals surface area (Å²) in [6.45, 7) is 6.59. The van der Waals surface area contributed by atoms with Crippen LogP contribution in [0, 0.1) is 28.6 Å². The topological polar surface area (TPSA) is 20.3 Å². The molecule has 2 heteroatoms. The first-order chi connectivity index (χ1) is 10.0. The lowest BCUT2D eigenvalue weighted by molar-refractivity contribution is -0.167. The highest BCUT2D eigenvalue weighted by Gasteiger charge is 2.59. The zero-order valence-electron chi connectivity index (χ0n) is 13.9. The Morgan fingerprint density at radius 1 is 0.905 bits per heavy atom. The molecular weight excluding hydrogens is 258 g/mol. The molecule has 0 N–H and O–H groups in total. The van der Waals surface area contributed by atoms with E-state index in [1.165, 1.54) is 57.8 Å². The molecule has 0 atom stereocenters. The van der Waals surface area contributed by atoms with Crippen LogP contribution in [0.4, 0.5) is 0 Å². The molecule has 4 aliphatic carbocycles. The first kappa shape index (κ1) is 14.1. The lowest BCUT2D eigenvalue weighted by atomic mass is 9.43. The van der Waals surface area contributed by atoms with E-state index in [-0.39, 0.29) is 5.41 Å². The molecule has 4 saturated carbocycles. The minimum Gasteiger partial charge on any atom is -0.342 e. The van der Waals surface area contributed by atoms with Gasteiger partial charge < -0.3 is 4.90 Å². The lowest BCUT2D eigenvalue weighted by Crippen LogP contribution is -2.58. The van der Waals surface area contributed by atoms with Crippen LogP contribution >= 0.6 is 0 Å². The number of rotatable bonds is 2. The van der Waals surface area contributed by atoms with E-state index in [4.69, 9.17) is 0 Å². The Kier molecular flexibility index (Phi) is 3.17. The monoisotopic (exact) mass is 289 g/mol. The van der Waals surface area contributed by atoms with Gasteiger partial charge in [-0.15, -0.1) is 0 Å². The van der Waals surface area contributed by atoms with Gasteiger partial charge in [-0.3, -0.25) is 4.79 Å². The van der Waals surface area contributed by atoms with Gasteiger partial charge in [-0.1, -0.05) is 13.8 Å². The molecule has 1 heterocycles. The molecule has 0 aromatic heterocycles. The van der Waals surface area contributed by atoms with E-state index in [2.05, 4.69) is 18.7 Å². The summed E-state index contributed by atoms with van der Waals surface area (Å²) < 4.78 is 0. The second-order valence-electron chi connectivity index (χ2n) is 9.18. The molecule has 0 spiro atoms. The Balaban J connectivity index is 1.59. The standard InChI is InChI=1S/C19H31NO/c1-18(2,17(21)20-6-4-3-5-7-20)19-11-14-8-15(12-19)10-16(9-14)13-19/h14-16H,3-13H2,1-2H3. The summed E-state index contributed by atoms with van der Waals surface area (Å²) in [4.78, 5) is 15.5. The molecule has 5 rings (SSSR count). The zero-order valence-corrected chi connectivity index (χ0v) is 13.9. The average Bonchev–Trinajstić information content (AvgIpc) is 2.46. The molecule has 2 nitrogen and oxygen atoms in total. The van der Waals surface area contributed by atoms with E-state index in [9.17, 15) is 4.79 Å². The number of carbonyl (C=O) groups is 1. The van der Waals surface area contributed by atoms with Crippen molar-refractivity contribution < 1.29 is 4.79 Å². The fraction of sp³-hybridized carbons (Fsp3) is 0.947. The summed E-state index contributed by atoms with van der Waals surface area (Å²) in [5.74, 6) is 3.28. The van der Waals surface area contributed by atoms with E-state index in [1.807, 2.05) is 0 Å². The largest absolute Gasteiger partial charge is 0.342 e. The van der Waals surface area contributed by atoms with Gasteiger partial charge in [0, 0.05) is 18.5 Å². The Morgan fingerprint density at radius 3 is 1.86 bits per heavy atom. The summed E-state index contributed by atoms with van der Waals surface area (Å²) in [6.07, 6.45) is 12.1. The minimum atomic E-state index is -0.139. The number of nitrogens with zero attached hydrogens (tertiary/aromatic N) is 1. The first-order valence-corrected chi connectivity index (χ1v) is 9.30. The molecule has 1 aliphatic heterocycles. The average molecular weight is 289 g/mol. The number of amides is 1. The van der Waals surface area contributed by atoms with Crippen molar-refractivity contribution in [3.05, 3.63) is 0 Å².